The van der Waals surface area contributed by atoms with Gasteiger partial charge in [-0.2, -0.15) is 0 Å². The zero-order valence-corrected chi connectivity index (χ0v) is 12.0. The van der Waals surface area contributed by atoms with E-state index in [2.05, 4.69) is 12.2 Å². The van der Waals surface area contributed by atoms with Gasteiger partial charge in [0.15, 0.2) is 0 Å². The van der Waals surface area contributed by atoms with Gasteiger partial charge in [-0.3, -0.25) is 4.79 Å². The summed E-state index contributed by atoms with van der Waals surface area (Å²) in [5, 5.41) is 2.96. The fraction of sp³-hybridized carbons (Fsp3) is 0.562. The molecule has 1 rings (SSSR count). The quantitative estimate of drug-likeness (QED) is 0.694. The number of amides is 1. The van der Waals surface area contributed by atoms with Gasteiger partial charge in [0.1, 0.15) is 6.61 Å². The molecule has 106 valence electrons. The first kappa shape index (κ1) is 15.7. The van der Waals surface area contributed by atoms with E-state index in [9.17, 15) is 4.79 Å². The number of nitrogens with one attached hydrogen (secondary N) is 1. The number of carbonyl (C=O) groups is 1. The Bertz CT molecular complexity index is 351. The molecule has 3 nitrogen and oxygen atoms in total. The van der Waals surface area contributed by atoms with Crippen molar-refractivity contribution >= 4 is 5.91 Å². The highest BCUT2D eigenvalue weighted by Crippen LogP contribution is 2.03. The molecule has 1 amide bonds. The predicted molar refractivity (Wildman–Crippen MR) is 77.8 cm³/mol. The minimum Gasteiger partial charge on any atom is -0.367 e. The molecule has 0 aliphatic rings. The van der Waals surface area contributed by atoms with Crippen molar-refractivity contribution in [2.45, 2.75) is 52.2 Å². The Hall–Kier alpha value is -1.35. The van der Waals surface area contributed by atoms with Gasteiger partial charge in [0, 0.05) is 6.04 Å². The monoisotopic (exact) mass is 263 g/mol. The Morgan fingerprint density at radius 1 is 1.26 bits per heavy atom. The van der Waals surface area contributed by atoms with Gasteiger partial charge < -0.3 is 10.1 Å². The van der Waals surface area contributed by atoms with Gasteiger partial charge in [-0.1, -0.05) is 56.5 Å². The minimum atomic E-state index is -0.0278. The van der Waals surface area contributed by atoms with Gasteiger partial charge in [-0.15, -0.1) is 0 Å². The van der Waals surface area contributed by atoms with Crippen molar-refractivity contribution in [3.63, 3.8) is 0 Å². The molecule has 19 heavy (non-hydrogen) atoms. The van der Waals surface area contributed by atoms with E-state index in [0.717, 1.165) is 12.0 Å². The summed E-state index contributed by atoms with van der Waals surface area (Å²) in [5.41, 5.74) is 1.09. The van der Waals surface area contributed by atoms with E-state index in [1.807, 2.05) is 37.3 Å². The third kappa shape index (κ3) is 7.62. The van der Waals surface area contributed by atoms with Gasteiger partial charge in [0.2, 0.25) is 5.91 Å². The third-order valence-electron chi connectivity index (χ3n) is 2.99. The first-order chi connectivity index (χ1) is 9.22. The molecule has 1 aromatic rings. The minimum absolute atomic E-state index is 0.0278. The second-order valence-corrected chi connectivity index (χ2v) is 4.94. The molecule has 0 aliphatic heterocycles. The second kappa shape index (κ2) is 9.56. The molecule has 0 saturated carbocycles. The van der Waals surface area contributed by atoms with Crippen molar-refractivity contribution in [2.75, 3.05) is 6.61 Å². The van der Waals surface area contributed by atoms with Gasteiger partial charge in [-0.05, 0) is 18.9 Å². The summed E-state index contributed by atoms with van der Waals surface area (Å²) in [6.45, 7) is 4.84. The van der Waals surface area contributed by atoms with Crippen LogP contribution in [0, 0.1) is 0 Å². The van der Waals surface area contributed by atoms with Gasteiger partial charge in [-0.25, -0.2) is 0 Å². The largest absolute Gasteiger partial charge is 0.367 e. The third-order valence-corrected chi connectivity index (χ3v) is 2.99. The summed E-state index contributed by atoms with van der Waals surface area (Å²) in [6.07, 6.45) is 4.65. The number of hydrogen-bond acceptors (Lipinski definition) is 2. The Kier molecular flexibility index (Phi) is 7.91. The van der Waals surface area contributed by atoms with E-state index in [0.29, 0.717) is 6.61 Å². The summed E-state index contributed by atoms with van der Waals surface area (Å²) in [6, 6.07) is 10.1. The van der Waals surface area contributed by atoms with Gasteiger partial charge in [0.25, 0.3) is 0 Å². The first-order valence-electron chi connectivity index (χ1n) is 7.13. The fourth-order valence-electron chi connectivity index (χ4n) is 1.92. The van der Waals surface area contributed by atoms with Crippen LogP contribution in [-0.4, -0.2) is 18.6 Å². The highest BCUT2D eigenvalue weighted by molar-refractivity contribution is 5.77. The normalized spacial score (nSPS) is 12.1. The van der Waals surface area contributed by atoms with E-state index in [4.69, 9.17) is 4.74 Å². The molecule has 0 saturated heterocycles. The zero-order valence-electron chi connectivity index (χ0n) is 12.0. The summed E-state index contributed by atoms with van der Waals surface area (Å²) in [5.74, 6) is -0.0278. The smallest absolute Gasteiger partial charge is 0.246 e. The SMILES string of the molecule is CCCCCC(C)NC(=O)COCc1ccccc1. The van der Waals surface area contributed by atoms with Crippen molar-refractivity contribution in [1.29, 1.82) is 0 Å². The van der Waals surface area contributed by atoms with Crippen LogP contribution in [0.3, 0.4) is 0 Å². The summed E-state index contributed by atoms with van der Waals surface area (Å²) >= 11 is 0. The molecule has 0 fully saturated rings. The van der Waals surface area contributed by atoms with Crippen molar-refractivity contribution in [3.05, 3.63) is 35.9 Å². The summed E-state index contributed by atoms with van der Waals surface area (Å²) in [4.78, 5) is 11.6. The van der Waals surface area contributed by atoms with Gasteiger partial charge >= 0.3 is 0 Å². The zero-order chi connectivity index (χ0) is 13.9. The molecule has 0 aromatic heterocycles. The van der Waals surface area contributed by atoms with Crippen LogP contribution in [0.4, 0.5) is 0 Å². The average molecular weight is 263 g/mol. The van der Waals surface area contributed by atoms with Crippen LogP contribution in [-0.2, 0) is 16.1 Å². The van der Waals surface area contributed by atoms with E-state index >= 15 is 0 Å². The highest BCUT2D eigenvalue weighted by atomic mass is 16.5. The van der Waals surface area contributed by atoms with Crippen LogP contribution < -0.4 is 5.32 Å². The molecule has 0 heterocycles. The van der Waals surface area contributed by atoms with Crippen LogP contribution in [0.5, 0.6) is 0 Å². The molecule has 3 heteroatoms. The molecule has 0 aliphatic carbocycles. The number of benzene rings is 1. The van der Waals surface area contributed by atoms with E-state index in [1.165, 1.54) is 19.3 Å². The van der Waals surface area contributed by atoms with Crippen LogP contribution in [0.15, 0.2) is 30.3 Å². The molecule has 0 spiro atoms. The van der Waals surface area contributed by atoms with E-state index in [-0.39, 0.29) is 18.6 Å². The van der Waals surface area contributed by atoms with E-state index in [1.54, 1.807) is 0 Å². The standard InChI is InChI=1S/C16H25NO2/c1-3-4-6-9-14(2)17-16(18)13-19-12-15-10-7-5-8-11-15/h5,7-8,10-11,14H,3-4,6,9,12-13H2,1-2H3,(H,17,18). The van der Waals surface area contributed by atoms with E-state index < -0.39 is 0 Å². The van der Waals surface area contributed by atoms with Crippen LogP contribution >= 0.6 is 0 Å². The maximum absolute atomic E-state index is 11.6. The number of unbranched alkanes of at least 4 members (excludes halogenated alkanes) is 2. The van der Waals surface area contributed by atoms with Crippen molar-refractivity contribution in [1.82, 2.24) is 5.32 Å². The maximum atomic E-state index is 11.6. The Labute approximate surface area is 116 Å². The summed E-state index contributed by atoms with van der Waals surface area (Å²) < 4.78 is 5.40. The Balaban J connectivity index is 2.10. The molecule has 1 atom stereocenters. The highest BCUT2D eigenvalue weighted by Gasteiger charge is 2.07. The molecule has 1 unspecified atom stereocenters. The average Bonchev–Trinajstić information content (AvgIpc) is 2.40. The van der Waals surface area contributed by atoms with Crippen LogP contribution in [0.1, 0.15) is 45.1 Å². The lowest BCUT2D eigenvalue weighted by atomic mass is 10.1. The molecule has 0 bridgehead atoms. The molecule has 1 aromatic carbocycles. The molecule has 1 N–H and O–H groups in total. The van der Waals surface area contributed by atoms with Crippen molar-refractivity contribution in [3.8, 4) is 0 Å². The van der Waals surface area contributed by atoms with Gasteiger partial charge in [0.05, 0.1) is 6.61 Å². The lowest BCUT2D eigenvalue weighted by molar-refractivity contribution is -0.126. The summed E-state index contributed by atoms with van der Waals surface area (Å²) in [7, 11) is 0. The number of carbonyl (C=O) groups excluding carboxylic acids is 1. The molecular weight excluding hydrogens is 238 g/mol. The Morgan fingerprint density at radius 3 is 2.68 bits per heavy atom. The Morgan fingerprint density at radius 2 is 2.00 bits per heavy atom. The lowest BCUT2D eigenvalue weighted by Crippen LogP contribution is -2.35. The molecule has 0 radical (unpaired) electrons. The number of hydrogen-bond donors (Lipinski definition) is 1. The molecular formula is C16H25NO2. The van der Waals surface area contributed by atoms with Crippen molar-refractivity contribution < 1.29 is 9.53 Å². The first-order valence-corrected chi connectivity index (χ1v) is 7.13. The number of ether oxygens (including phenoxy) is 1. The topological polar surface area (TPSA) is 38.3 Å². The van der Waals surface area contributed by atoms with Crippen LogP contribution in [0.2, 0.25) is 0 Å². The lowest BCUT2D eigenvalue weighted by Gasteiger charge is -2.13. The second-order valence-electron chi connectivity index (χ2n) is 4.94. The maximum Gasteiger partial charge on any atom is 0.246 e. The number of rotatable bonds is 9. The van der Waals surface area contributed by atoms with Crippen molar-refractivity contribution in [2.24, 2.45) is 0 Å². The predicted octanol–water partition coefficient (Wildman–Crippen LogP) is 3.29. The fourth-order valence-corrected chi connectivity index (χ4v) is 1.92. The van der Waals surface area contributed by atoms with Crippen LogP contribution in [0.25, 0.3) is 0 Å².